The summed E-state index contributed by atoms with van der Waals surface area (Å²) in [6.45, 7) is 11.5. The van der Waals surface area contributed by atoms with Crippen LogP contribution in [-0.4, -0.2) is 143 Å². The number of esters is 1. The first kappa shape index (κ1) is 53.9. The maximum atomic E-state index is 12.6. The first-order valence-corrected chi connectivity index (χ1v) is 24.8. The minimum atomic E-state index is -3.63. The molecule has 72 heavy (non-hydrogen) atoms. The number of hydrogen-bond acceptors (Lipinski definition) is 17. The molecule has 21 nitrogen and oxygen atoms in total. The van der Waals surface area contributed by atoms with E-state index in [0.29, 0.717) is 35.6 Å². The number of carbonyl (C=O) groups is 5. The van der Waals surface area contributed by atoms with E-state index in [1.807, 2.05) is 88.4 Å². The normalized spacial score (nSPS) is 17.6. The Hall–Kier alpha value is -7.40. The van der Waals surface area contributed by atoms with Gasteiger partial charge in [-0.15, -0.1) is 0 Å². The summed E-state index contributed by atoms with van der Waals surface area (Å²) in [7, 11) is -3.63. The summed E-state index contributed by atoms with van der Waals surface area (Å²) in [4.78, 5) is 68.3. The van der Waals surface area contributed by atoms with Gasteiger partial charge in [0.05, 0.1) is 19.3 Å². The van der Waals surface area contributed by atoms with Crippen LogP contribution in [0, 0.1) is 10.8 Å². The number of nitrogens with one attached hydrogen (secondary N) is 4. The molecule has 4 amide bonds. The van der Waals surface area contributed by atoms with E-state index in [2.05, 4.69) is 24.6 Å². The molecule has 3 unspecified atom stereocenters. The summed E-state index contributed by atoms with van der Waals surface area (Å²) in [5.74, 6) is -0.476. The molecule has 3 heterocycles. The zero-order valence-corrected chi connectivity index (χ0v) is 41.5. The number of alkyl carbamates (subject to hydrolysis) is 2. The Morgan fingerprint density at radius 1 is 0.681 bits per heavy atom. The highest BCUT2D eigenvalue weighted by atomic mass is 32.2. The number of amides is 4. The third kappa shape index (κ3) is 16.6. The van der Waals surface area contributed by atoms with Gasteiger partial charge in [0, 0.05) is 55.2 Å². The monoisotopic (exact) mass is 1010 g/mol. The van der Waals surface area contributed by atoms with Crippen LogP contribution in [0.25, 0.3) is 0 Å². The third-order valence-electron chi connectivity index (χ3n) is 11.2. The predicted octanol–water partition coefficient (Wildman–Crippen LogP) is 5.85. The van der Waals surface area contributed by atoms with Crippen molar-refractivity contribution in [2.24, 2.45) is 0 Å². The van der Waals surface area contributed by atoms with Crippen LogP contribution in [0.2, 0.25) is 0 Å². The van der Waals surface area contributed by atoms with Gasteiger partial charge in [0.25, 0.3) is 10.1 Å². The molecule has 0 aliphatic carbocycles. The van der Waals surface area contributed by atoms with E-state index < -0.39 is 46.2 Å². The highest BCUT2D eigenvalue weighted by molar-refractivity contribution is 7.86. The lowest BCUT2D eigenvalue weighted by atomic mass is 10.1. The van der Waals surface area contributed by atoms with E-state index >= 15 is 0 Å². The maximum Gasteiger partial charge on any atom is 0.414 e. The van der Waals surface area contributed by atoms with E-state index in [9.17, 15) is 32.4 Å². The van der Waals surface area contributed by atoms with E-state index in [1.165, 1.54) is 4.90 Å². The number of carbonyl (C=O) groups excluding carboxylic acids is 5. The second kappa shape index (κ2) is 24.6. The molecule has 3 saturated heterocycles. The van der Waals surface area contributed by atoms with Gasteiger partial charge in [0.1, 0.15) is 55.3 Å². The van der Waals surface area contributed by atoms with Crippen molar-refractivity contribution in [1.82, 2.24) is 20.4 Å². The van der Waals surface area contributed by atoms with Crippen molar-refractivity contribution in [3.05, 3.63) is 131 Å². The Labute approximate surface area is 418 Å². The second-order valence-corrected chi connectivity index (χ2v) is 19.6. The van der Waals surface area contributed by atoms with Crippen molar-refractivity contribution in [3.8, 4) is 0 Å². The number of benzene rings is 4. The second-order valence-electron chi connectivity index (χ2n) is 18.0. The Morgan fingerprint density at radius 2 is 1.11 bits per heavy atom. The van der Waals surface area contributed by atoms with E-state index in [-0.39, 0.29) is 56.2 Å². The molecule has 4 aromatic carbocycles. The highest BCUT2D eigenvalue weighted by Crippen LogP contribution is 2.25. The zero-order chi connectivity index (χ0) is 52.0. The molecular formula is C50H60N8O13S. The minimum Gasteiger partial charge on any atom is -0.459 e. The standard InChI is InChI=1S/C30H39N5O6.C20H21N3O7S/c1-21(27(36)41-30(2,3)4)34-16-14-33(15-17-34)18-25-19-35(29(38)40-25)24-12-10-23(11-13-24)26(31)32-28(37)39-20-22-8-6-5-7-9-22;1-31(26,27)29-13-17-11-23(20(25)30-17)16-9-7-15(8-10-16)18(21)22-19(24)28-12-14-5-3-2-4-6-14/h5-13,21,25H,14-20H2,1-4H3,(H2,31,32,37);2-10,17H,11-13H2,1H3,(H2,21,22,24). The number of cyclic esters (lactones) is 2. The maximum absolute atomic E-state index is 12.6. The number of amidine groups is 2. The van der Waals surface area contributed by atoms with Crippen LogP contribution in [0.5, 0.6) is 0 Å². The average molecular weight is 1010 g/mol. The third-order valence-corrected chi connectivity index (χ3v) is 11.8. The molecule has 7 rings (SSSR count). The van der Waals surface area contributed by atoms with Crippen molar-refractivity contribution in [3.63, 3.8) is 0 Å². The van der Waals surface area contributed by atoms with Crippen molar-refractivity contribution in [1.29, 1.82) is 10.8 Å². The van der Waals surface area contributed by atoms with Crippen LogP contribution in [0.15, 0.2) is 109 Å². The van der Waals surface area contributed by atoms with Gasteiger partial charge in [0.2, 0.25) is 0 Å². The Bertz CT molecular complexity index is 2650. The van der Waals surface area contributed by atoms with Crippen molar-refractivity contribution < 1.29 is 60.3 Å². The molecule has 384 valence electrons. The van der Waals surface area contributed by atoms with Crippen molar-refractivity contribution in [2.45, 2.75) is 64.8 Å². The number of hydrogen-bond donors (Lipinski definition) is 4. The molecule has 0 aromatic heterocycles. The number of nitrogens with zero attached hydrogens (tertiary/aromatic N) is 4. The molecular weight excluding hydrogens is 953 g/mol. The van der Waals surface area contributed by atoms with Gasteiger partial charge in [-0.05, 0) is 87.4 Å². The Kier molecular flexibility index (Phi) is 18.5. The number of ether oxygens (including phenoxy) is 5. The molecule has 3 atom stereocenters. The van der Waals surface area contributed by atoms with E-state index in [1.54, 1.807) is 53.4 Å². The van der Waals surface area contributed by atoms with Crippen LogP contribution in [0.1, 0.15) is 49.9 Å². The lowest BCUT2D eigenvalue weighted by Gasteiger charge is -2.38. The fraction of sp³-hybridized carbons (Fsp3) is 0.380. The van der Waals surface area contributed by atoms with Gasteiger partial charge in [-0.2, -0.15) is 8.42 Å². The van der Waals surface area contributed by atoms with Gasteiger partial charge in [-0.25, -0.2) is 19.2 Å². The largest absolute Gasteiger partial charge is 0.459 e. The first-order valence-electron chi connectivity index (χ1n) is 23.0. The van der Waals surface area contributed by atoms with Crippen LogP contribution in [0.3, 0.4) is 0 Å². The average Bonchev–Trinajstić information content (AvgIpc) is 3.92. The van der Waals surface area contributed by atoms with E-state index in [0.717, 1.165) is 43.6 Å². The molecule has 3 aliphatic heterocycles. The summed E-state index contributed by atoms with van der Waals surface area (Å²) in [6.07, 6.45) is -2.60. The van der Waals surface area contributed by atoms with Gasteiger partial charge in [0.15, 0.2) is 0 Å². The fourth-order valence-electron chi connectivity index (χ4n) is 7.49. The fourth-order valence-corrected chi connectivity index (χ4v) is 7.89. The predicted molar refractivity (Wildman–Crippen MR) is 265 cm³/mol. The van der Waals surface area contributed by atoms with Crippen LogP contribution < -0.4 is 20.4 Å². The molecule has 0 saturated carbocycles. The molecule has 3 fully saturated rings. The van der Waals surface area contributed by atoms with Gasteiger partial charge >= 0.3 is 30.3 Å². The summed E-state index contributed by atoms with van der Waals surface area (Å²) < 4.78 is 53.3. The molecule has 3 aliphatic rings. The highest BCUT2D eigenvalue weighted by Gasteiger charge is 2.36. The zero-order valence-electron chi connectivity index (χ0n) is 40.7. The van der Waals surface area contributed by atoms with E-state index in [4.69, 9.17) is 34.5 Å². The van der Waals surface area contributed by atoms with Crippen molar-refractivity contribution >= 4 is 63.5 Å². The molecule has 0 spiro atoms. The number of anilines is 2. The molecule has 4 aromatic rings. The van der Waals surface area contributed by atoms with Gasteiger partial charge in [-0.1, -0.05) is 60.7 Å². The minimum absolute atomic E-state index is 0.0835. The quantitative estimate of drug-likeness (QED) is 0.0358. The van der Waals surface area contributed by atoms with Crippen LogP contribution >= 0.6 is 0 Å². The van der Waals surface area contributed by atoms with Gasteiger partial charge in [-0.3, -0.25) is 50.0 Å². The molecule has 0 bridgehead atoms. The summed E-state index contributed by atoms with van der Waals surface area (Å²) in [5.41, 5.74) is 3.20. The number of rotatable bonds is 15. The molecule has 4 N–H and O–H groups in total. The lowest BCUT2D eigenvalue weighted by molar-refractivity contribution is -0.161. The summed E-state index contributed by atoms with van der Waals surface area (Å²) in [5, 5.41) is 21.0. The molecule has 22 heteroatoms. The van der Waals surface area contributed by atoms with Crippen LogP contribution in [-0.2, 0) is 56.0 Å². The smallest absolute Gasteiger partial charge is 0.414 e. The first-order chi connectivity index (χ1) is 34.2. The van der Waals surface area contributed by atoms with Gasteiger partial charge < -0.3 is 23.7 Å². The Morgan fingerprint density at radius 3 is 1.54 bits per heavy atom. The summed E-state index contributed by atoms with van der Waals surface area (Å²) in [6, 6.07) is 31.2. The van der Waals surface area contributed by atoms with Crippen molar-refractivity contribution in [2.75, 3.05) is 68.5 Å². The SMILES string of the molecule is CC(C(=O)OC(C)(C)C)N1CCN(CC2CN(c3ccc(C(=N)NC(=O)OCc4ccccc4)cc3)C(=O)O2)CC1.CS(=O)(=O)OCC1CN(c2ccc(C(=N)NC(=O)OCc3ccccc3)cc2)C(=O)O1. The van der Waals surface area contributed by atoms with Crippen LogP contribution in [0.4, 0.5) is 30.6 Å². The topological polar surface area (TPSA) is 260 Å². The lowest BCUT2D eigenvalue weighted by Crippen LogP contribution is -2.54. The summed E-state index contributed by atoms with van der Waals surface area (Å²) >= 11 is 0. The number of piperazine rings is 1. The Balaban J connectivity index is 0.000000245. The molecule has 0 radical (unpaired) electrons.